The summed E-state index contributed by atoms with van der Waals surface area (Å²) in [5.74, 6) is -2.50. The third-order valence-corrected chi connectivity index (χ3v) is 10.3. The fraction of sp³-hybridized carbons (Fsp3) is 0.105. The van der Waals surface area contributed by atoms with Crippen molar-refractivity contribution in [3.05, 3.63) is 171 Å². The minimum absolute atomic E-state index is 0.131. The van der Waals surface area contributed by atoms with Gasteiger partial charge in [0.15, 0.2) is 11.6 Å². The van der Waals surface area contributed by atoms with E-state index in [0.717, 1.165) is 22.3 Å². The topological polar surface area (TPSA) is 71.5 Å². The minimum atomic E-state index is -1.01. The Balaban J connectivity index is 1.26. The highest BCUT2D eigenvalue weighted by Crippen LogP contribution is 2.64. The molecule has 0 saturated carbocycles. The first kappa shape index (κ1) is 26.4. The fourth-order valence-corrected chi connectivity index (χ4v) is 8.24. The van der Waals surface area contributed by atoms with Crippen LogP contribution in [-0.2, 0) is 15.0 Å². The van der Waals surface area contributed by atoms with Gasteiger partial charge < -0.3 is 0 Å². The monoisotopic (exact) mass is 591 g/mol. The Morgan fingerprint density at radius 1 is 0.682 bits per heavy atom. The number of carbonyl (C=O) groups excluding carboxylic acids is 4. The van der Waals surface area contributed by atoms with Crippen molar-refractivity contribution in [2.45, 2.75) is 11.3 Å². The van der Waals surface area contributed by atoms with Crippen LogP contribution in [0.2, 0.25) is 0 Å². The van der Waals surface area contributed by atoms with Gasteiger partial charge in [-0.05, 0) is 64.0 Å². The molecule has 212 valence electrons. The first-order valence-electron chi connectivity index (χ1n) is 14.5. The molecule has 6 heteroatoms. The number of thiophene rings is 1. The van der Waals surface area contributed by atoms with E-state index in [4.69, 9.17) is 0 Å². The second-order valence-electron chi connectivity index (χ2n) is 11.5. The summed E-state index contributed by atoms with van der Waals surface area (Å²) >= 11 is 1.37. The predicted octanol–water partition coefficient (Wildman–Crippen LogP) is 6.97. The largest absolute Gasteiger partial charge is 0.289 e. The standard InChI is InChI=1S/C38H25NO4S/c40-30(31-15-8-22-44-31)20-21-38-28-13-6-4-11-26(28)32(27-12-5-7-14-29(27)38)33-34(38)37(43)39(36(33)42)25-18-16-24(17-19-25)35(41)23-9-2-1-3-10-23/h1-22,32-34H/b21-20+. The van der Waals surface area contributed by atoms with Crippen LogP contribution < -0.4 is 4.90 Å². The van der Waals surface area contributed by atoms with Gasteiger partial charge in [0, 0.05) is 17.0 Å². The number of nitrogens with zero attached hydrogens (tertiary/aromatic N) is 1. The van der Waals surface area contributed by atoms with Gasteiger partial charge >= 0.3 is 0 Å². The summed E-state index contributed by atoms with van der Waals surface area (Å²) in [5, 5.41) is 1.86. The molecule has 5 nitrogen and oxygen atoms in total. The van der Waals surface area contributed by atoms with Gasteiger partial charge in [0.2, 0.25) is 11.8 Å². The van der Waals surface area contributed by atoms with Crippen molar-refractivity contribution in [2.75, 3.05) is 4.90 Å². The number of carbonyl (C=O) groups is 4. The molecule has 1 saturated heterocycles. The molecule has 4 aromatic carbocycles. The Morgan fingerprint density at radius 3 is 1.93 bits per heavy atom. The van der Waals surface area contributed by atoms with Crippen LogP contribution in [-0.4, -0.2) is 23.4 Å². The highest BCUT2D eigenvalue weighted by molar-refractivity contribution is 7.12. The average Bonchev–Trinajstić information content (AvgIpc) is 3.71. The van der Waals surface area contributed by atoms with E-state index in [1.165, 1.54) is 16.2 Å². The van der Waals surface area contributed by atoms with Crippen molar-refractivity contribution < 1.29 is 19.2 Å². The van der Waals surface area contributed by atoms with Crippen LogP contribution in [0.1, 0.15) is 53.8 Å². The predicted molar refractivity (Wildman–Crippen MR) is 169 cm³/mol. The average molecular weight is 592 g/mol. The molecule has 9 rings (SSSR count). The van der Waals surface area contributed by atoms with Crippen LogP contribution in [0.5, 0.6) is 0 Å². The number of allylic oxidation sites excluding steroid dienone is 2. The van der Waals surface area contributed by atoms with Gasteiger partial charge in [-0.3, -0.25) is 19.2 Å². The molecule has 2 atom stereocenters. The van der Waals surface area contributed by atoms with Crippen molar-refractivity contribution in [3.8, 4) is 0 Å². The summed E-state index contributed by atoms with van der Waals surface area (Å²) in [5.41, 5.74) is 4.38. The summed E-state index contributed by atoms with van der Waals surface area (Å²) in [4.78, 5) is 57.2. The third-order valence-electron chi connectivity index (χ3n) is 9.37. The van der Waals surface area contributed by atoms with Gasteiger partial charge in [0.05, 0.1) is 27.8 Å². The molecule has 1 fully saturated rings. The molecule has 2 bridgehead atoms. The lowest BCUT2D eigenvalue weighted by molar-refractivity contribution is -0.122. The van der Waals surface area contributed by atoms with Crippen molar-refractivity contribution in [3.63, 3.8) is 0 Å². The van der Waals surface area contributed by atoms with Crippen molar-refractivity contribution in [2.24, 2.45) is 11.8 Å². The number of ketones is 2. The van der Waals surface area contributed by atoms with E-state index in [9.17, 15) is 19.2 Å². The third kappa shape index (κ3) is 3.64. The van der Waals surface area contributed by atoms with E-state index < -0.39 is 17.3 Å². The lowest BCUT2D eigenvalue weighted by Crippen LogP contribution is -2.52. The number of amides is 2. The summed E-state index contributed by atoms with van der Waals surface area (Å²) < 4.78 is 0. The number of hydrogen-bond acceptors (Lipinski definition) is 5. The molecule has 2 unspecified atom stereocenters. The molecule has 3 aliphatic carbocycles. The Morgan fingerprint density at radius 2 is 1.30 bits per heavy atom. The van der Waals surface area contributed by atoms with Gasteiger partial charge in [0.1, 0.15) is 0 Å². The SMILES string of the molecule is O=C(c1ccccc1)c1ccc(N2C(=O)C3C4c5ccccc5C(/C=C/C(=O)c5cccs5)(c5ccccc54)C3C2=O)cc1. The Hall–Kier alpha value is -5.20. The van der Waals surface area contributed by atoms with E-state index in [1.807, 2.05) is 84.3 Å². The van der Waals surface area contributed by atoms with Gasteiger partial charge in [-0.1, -0.05) is 91.0 Å². The van der Waals surface area contributed by atoms with Crippen molar-refractivity contribution in [1.82, 2.24) is 0 Å². The molecular weight excluding hydrogens is 566 g/mol. The maximum atomic E-state index is 14.6. The van der Waals surface area contributed by atoms with Crippen LogP contribution in [0.4, 0.5) is 5.69 Å². The Kier molecular flexibility index (Phi) is 5.96. The van der Waals surface area contributed by atoms with E-state index >= 15 is 0 Å². The molecule has 2 amide bonds. The molecule has 5 aromatic rings. The zero-order valence-corrected chi connectivity index (χ0v) is 24.2. The second-order valence-corrected chi connectivity index (χ2v) is 12.4. The zero-order valence-electron chi connectivity index (χ0n) is 23.4. The maximum absolute atomic E-state index is 14.6. The molecule has 1 aromatic heterocycles. The summed E-state index contributed by atoms with van der Waals surface area (Å²) in [6.07, 6.45) is 3.45. The molecule has 44 heavy (non-hydrogen) atoms. The molecule has 0 spiro atoms. The summed E-state index contributed by atoms with van der Waals surface area (Å²) in [6.45, 7) is 0. The van der Waals surface area contributed by atoms with Crippen molar-refractivity contribution >= 4 is 40.4 Å². The number of rotatable bonds is 6. The van der Waals surface area contributed by atoms with E-state index in [1.54, 1.807) is 48.5 Å². The van der Waals surface area contributed by atoms with Gasteiger partial charge in [-0.2, -0.15) is 0 Å². The van der Waals surface area contributed by atoms with Crippen LogP contribution in [0, 0.1) is 11.8 Å². The van der Waals surface area contributed by atoms with Crippen LogP contribution in [0.25, 0.3) is 0 Å². The molecule has 4 aliphatic rings. The second kappa shape index (κ2) is 9.93. The smallest absolute Gasteiger partial charge is 0.239 e. The quantitative estimate of drug-likeness (QED) is 0.122. The Bertz CT molecular complexity index is 1960. The number of hydrogen-bond donors (Lipinski definition) is 0. The number of benzene rings is 4. The number of imide groups is 1. The van der Waals surface area contributed by atoms with Gasteiger partial charge in [-0.15, -0.1) is 11.3 Å². The fourth-order valence-electron chi connectivity index (χ4n) is 7.59. The highest BCUT2D eigenvalue weighted by Gasteiger charge is 2.67. The zero-order chi connectivity index (χ0) is 30.0. The summed E-state index contributed by atoms with van der Waals surface area (Å²) in [6, 6.07) is 35.3. The van der Waals surface area contributed by atoms with E-state index in [0.29, 0.717) is 21.7 Å². The normalized spacial score (nSPS) is 23.0. The lowest BCUT2D eigenvalue weighted by Gasteiger charge is -2.53. The molecular formula is C38H25NO4S. The highest BCUT2D eigenvalue weighted by atomic mass is 32.1. The van der Waals surface area contributed by atoms with Crippen molar-refractivity contribution in [1.29, 1.82) is 0 Å². The van der Waals surface area contributed by atoms with E-state index in [-0.39, 0.29) is 29.3 Å². The Labute approximate surface area is 258 Å². The summed E-state index contributed by atoms with van der Waals surface area (Å²) in [7, 11) is 0. The number of anilines is 1. The van der Waals surface area contributed by atoms with Crippen LogP contribution in [0.3, 0.4) is 0 Å². The first-order valence-corrected chi connectivity index (χ1v) is 15.4. The molecule has 0 N–H and O–H groups in total. The molecule has 1 aliphatic heterocycles. The lowest BCUT2D eigenvalue weighted by atomic mass is 9.47. The first-order chi connectivity index (χ1) is 21.5. The van der Waals surface area contributed by atoms with Crippen LogP contribution >= 0.6 is 11.3 Å². The van der Waals surface area contributed by atoms with Gasteiger partial charge in [0.25, 0.3) is 0 Å². The van der Waals surface area contributed by atoms with Gasteiger partial charge in [-0.25, -0.2) is 4.90 Å². The molecule has 2 heterocycles. The van der Waals surface area contributed by atoms with Crippen LogP contribution in [0.15, 0.2) is 133 Å². The van der Waals surface area contributed by atoms with E-state index in [2.05, 4.69) is 0 Å². The maximum Gasteiger partial charge on any atom is 0.239 e. The molecule has 0 radical (unpaired) electrons. The minimum Gasteiger partial charge on any atom is -0.289 e.